The van der Waals surface area contributed by atoms with Crippen LogP contribution in [0.3, 0.4) is 0 Å². The van der Waals surface area contributed by atoms with Gasteiger partial charge < -0.3 is 5.32 Å². The lowest BCUT2D eigenvalue weighted by Gasteiger charge is -2.02. The van der Waals surface area contributed by atoms with Crippen LogP contribution in [0.4, 0.5) is 5.13 Å². The Hall–Kier alpha value is -1.42. The van der Waals surface area contributed by atoms with Crippen molar-refractivity contribution in [3.8, 4) is 0 Å². The van der Waals surface area contributed by atoms with Gasteiger partial charge in [0.2, 0.25) is 5.13 Å². The quantitative estimate of drug-likeness (QED) is 0.901. The summed E-state index contributed by atoms with van der Waals surface area (Å²) in [6, 6.07) is 6.52. The first-order valence-corrected chi connectivity index (χ1v) is 6.59. The van der Waals surface area contributed by atoms with Crippen molar-refractivity contribution in [2.24, 2.45) is 0 Å². The molecule has 17 heavy (non-hydrogen) atoms. The van der Waals surface area contributed by atoms with Crippen LogP contribution in [0.15, 0.2) is 18.2 Å². The molecule has 0 aliphatic carbocycles. The molecule has 0 fully saturated rings. The topological polar surface area (TPSA) is 37.8 Å². The first-order valence-electron chi connectivity index (χ1n) is 5.81. The van der Waals surface area contributed by atoms with Crippen molar-refractivity contribution in [3.05, 3.63) is 40.7 Å². The van der Waals surface area contributed by atoms with Crippen LogP contribution in [0.2, 0.25) is 0 Å². The van der Waals surface area contributed by atoms with Crippen molar-refractivity contribution in [2.45, 2.75) is 27.2 Å². The number of aromatic nitrogens is 2. The molecular formula is C13H17N3S. The number of nitrogens with one attached hydrogen (secondary N) is 1. The predicted molar refractivity (Wildman–Crippen MR) is 72.8 cm³/mol. The van der Waals surface area contributed by atoms with Gasteiger partial charge in [-0.05, 0) is 37.5 Å². The summed E-state index contributed by atoms with van der Waals surface area (Å²) < 4.78 is 4.35. The van der Waals surface area contributed by atoms with Crippen LogP contribution in [-0.2, 0) is 6.42 Å². The van der Waals surface area contributed by atoms with E-state index in [0.29, 0.717) is 0 Å². The van der Waals surface area contributed by atoms with Crippen molar-refractivity contribution in [1.82, 2.24) is 9.36 Å². The van der Waals surface area contributed by atoms with Crippen LogP contribution in [0, 0.1) is 13.8 Å². The van der Waals surface area contributed by atoms with E-state index in [4.69, 9.17) is 0 Å². The Labute approximate surface area is 106 Å². The van der Waals surface area contributed by atoms with E-state index < -0.39 is 0 Å². The van der Waals surface area contributed by atoms with E-state index in [1.807, 2.05) is 0 Å². The van der Waals surface area contributed by atoms with Crippen molar-refractivity contribution >= 4 is 16.7 Å². The van der Waals surface area contributed by atoms with Crippen molar-refractivity contribution in [1.29, 1.82) is 0 Å². The Morgan fingerprint density at radius 3 is 2.76 bits per heavy atom. The van der Waals surface area contributed by atoms with E-state index in [2.05, 4.69) is 53.6 Å². The average Bonchev–Trinajstić information content (AvgIpc) is 2.72. The summed E-state index contributed by atoms with van der Waals surface area (Å²) >= 11 is 1.43. The molecule has 2 rings (SSSR count). The molecule has 0 saturated carbocycles. The van der Waals surface area contributed by atoms with Gasteiger partial charge >= 0.3 is 0 Å². The molecule has 4 heteroatoms. The largest absolute Gasteiger partial charge is 0.361 e. The number of anilines is 1. The van der Waals surface area contributed by atoms with Crippen LogP contribution in [0.5, 0.6) is 0 Å². The Kier molecular flexibility index (Phi) is 3.74. The average molecular weight is 247 g/mol. The van der Waals surface area contributed by atoms with Crippen LogP contribution >= 0.6 is 11.5 Å². The second kappa shape index (κ2) is 5.27. The van der Waals surface area contributed by atoms with Crippen molar-refractivity contribution < 1.29 is 0 Å². The molecule has 0 spiro atoms. The van der Waals surface area contributed by atoms with Crippen LogP contribution in [0.25, 0.3) is 0 Å². The highest BCUT2D eigenvalue weighted by molar-refractivity contribution is 7.09. The lowest BCUT2D eigenvalue weighted by atomic mass is 10.0. The number of benzene rings is 1. The van der Waals surface area contributed by atoms with Crippen LogP contribution in [0.1, 0.15) is 29.4 Å². The molecule has 0 saturated heterocycles. The van der Waals surface area contributed by atoms with E-state index in [9.17, 15) is 0 Å². The number of rotatable bonds is 4. The van der Waals surface area contributed by atoms with Gasteiger partial charge in [0, 0.05) is 24.5 Å². The lowest BCUT2D eigenvalue weighted by Crippen LogP contribution is -1.97. The monoisotopic (exact) mass is 247 g/mol. The zero-order valence-corrected chi connectivity index (χ0v) is 11.3. The summed E-state index contributed by atoms with van der Waals surface area (Å²) in [5.74, 6) is 0.897. The Morgan fingerprint density at radius 1 is 1.24 bits per heavy atom. The number of nitrogens with zero attached hydrogens (tertiary/aromatic N) is 2. The maximum atomic E-state index is 4.44. The summed E-state index contributed by atoms with van der Waals surface area (Å²) in [5.41, 5.74) is 3.92. The molecule has 0 unspecified atom stereocenters. The fourth-order valence-corrected chi connectivity index (χ4v) is 2.30. The molecule has 2 aromatic rings. The molecule has 0 aliphatic rings. The third-order valence-electron chi connectivity index (χ3n) is 2.73. The number of aryl methyl sites for hydroxylation is 2. The molecule has 0 bridgehead atoms. The molecule has 0 atom stereocenters. The van der Waals surface area contributed by atoms with Gasteiger partial charge in [-0.2, -0.15) is 4.37 Å². The highest BCUT2D eigenvalue weighted by Crippen LogP contribution is 2.16. The zero-order valence-electron chi connectivity index (χ0n) is 10.4. The third kappa shape index (κ3) is 3.03. The van der Waals surface area contributed by atoms with E-state index in [1.165, 1.54) is 28.2 Å². The number of hydrogen-bond acceptors (Lipinski definition) is 4. The molecule has 0 radical (unpaired) electrons. The minimum absolute atomic E-state index is 0.809. The fraction of sp³-hybridized carbons (Fsp3) is 0.385. The van der Waals surface area contributed by atoms with Gasteiger partial charge in [-0.1, -0.05) is 18.2 Å². The Balaban J connectivity index is 2.11. The minimum atomic E-state index is 0.809. The highest BCUT2D eigenvalue weighted by atomic mass is 32.1. The minimum Gasteiger partial charge on any atom is -0.361 e. The lowest BCUT2D eigenvalue weighted by molar-refractivity contribution is 1.03. The first kappa shape index (κ1) is 12.0. The normalized spacial score (nSPS) is 10.5. The summed E-state index contributed by atoms with van der Waals surface area (Å²) in [6.45, 7) is 7.21. The van der Waals surface area contributed by atoms with Crippen molar-refractivity contribution in [2.75, 3.05) is 11.9 Å². The predicted octanol–water partition coefficient (Wildman–Crippen LogP) is 3.18. The second-order valence-electron chi connectivity index (χ2n) is 4.14. The van der Waals surface area contributed by atoms with Gasteiger partial charge in [-0.15, -0.1) is 0 Å². The van der Waals surface area contributed by atoms with Gasteiger partial charge in [0.1, 0.15) is 5.82 Å². The summed E-state index contributed by atoms with van der Waals surface area (Å²) in [4.78, 5) is 4.44. The summed E-state index contributed by atoms with van der Waals surface area (Å²) in [5, 5.41) is 4.09. The van der Waals surface area contributed by atoms with Gasteiger partial charge in [0.15, 0.2) is 0 Å². The molecule has 1 heterocycles. The number of hydrogen-bond donors (Lipinski definition) is 1. The van der Waals surface area contributed by atoms with Crippen LogP contribution in [-0.4, -0.2) is 15.9 Å². The Bertz CT molecular complexity index is 505. The fourth-order valence-electron chi connectivity index (χ4n) is 1.64. The standard InChI is InChI=1S/C13H17N3S/c1-4-14-13-15-12(16-17-13)8-11-6-5-9(2)10(3)7-11/h5-7H,4,8H2,1-3H3,(H,14,15,16). The highest BCUT2D eigenvalue weighted by Gasteiger charge is 2.05. The van der Waals surface area contributed by atoms with Crippen LogP contribution < -0.4 is 5.32 Å². The molecule has 3 nitrogen and oxygen atoms in total. The molecule has 1 aromatic heterocycles. The van der Waals surface area contributed by atoms with Gasteiger partial charge in [0.25, 0.3) is 0 Å². The van der Waals surface area contributed by atoms with E-state index in [0.717, 1.165) is 23.9 Å². The third-order valence-corrected chi connectivity index (χ3v) is 3.44. The van der Waals surface area contributed by atoms with Gasteiger partial charge in [-0.25, -0.2) is 4.98 Å². The molecule has 1 aromatic carbocycles. The van der Waals surface area contributed by atoms with E-state index in [1.54, 1.807) is 0 Å². The molecule has 1 N–H and O–H groups in total. The summed E-state index contributed by atoms with van der Waals surface area (Å²) in [7, 11) is 0. The van der Waals surface area contributed by atoms with Gasteiger partial charge in [0.05, 0.1) is 0 Å². The molecular weight excluding hydrogens is 230 g/mol. The van der Waals surface area contributed by atoms with Crippen molar-refractivity contribution in [3.63, 3.8) is 0 Å². The smallest absolute Gasteiger partial charge is 0.202 e. The SMILES string of the molecule is CCNc1nc(Cc2ccc(C)c(C)c2)ns1. The second-order valence-corrected chi connectivity index (χ2v) is 4.89. The van der Waals surface area contributed by atoms with Gasteiger partial charge in [-0.3, -0.25) is 0 Å². The van der Waals surface area contributed by atoms with E-state index in [-0.39, 0.29) is 0 Å². The molecule has 90 valence electrons. The maximum absolute atomic E-state index is 4.44. The molecule has 0 aliphatic heterocycles. The summed E-state index contributed by atoms with van der Waals surface area (Å²) in [6.07, 6.45) is 0.809. The van der Waals surface area contributed by atoms with E-state index >= 15 is 0 Å². The molecule has 0 amide bonds. The maximum Gasteiger partial charge on any atom is 0.202 e. The Morgan fingerprint density at radius 2 is 2.06 bits per heavy atom. The first-order chi connectivity index (χ1) is 8.19. The zero-order chi connectivity index (χ0) is 12.3.